The second-order valence-corrected chi connectivity index (χ2v) is 6.60. The second-order valence-electron chi connectivity index (χ2n) is 5.70. The molecule has 8 nitrogen and oxygen atoms in total. The Balaban J connectivity index is 1.67. The molecule has 0 unspecified atom stereocenters. The lowest BCUT2D eigenvalue weighted by Crippen LogP contribution is -2.07. The van der Waals surface area contributed by atoms with E-state index in [2.05, 4.69) is 30.4 Å². The van der Waals surface area contributed by atoms with E-state index in [1.807, 2.05) is 55.6 Å². The molecule has 25 heavy (non-hydrogen) atoms. The van der Waals surface area contributed by atoms with Gasteiger partial charge in [0.25, 0.3) is 0 Å². The van der Waals surface area contributed by atoms with E-state index in [0.29, 0.717) is 17.2 Å². The van der Waals surface area contributed by atoms with Gasteiger partial charge in [-0.05, 0) is 31.2 Å². The molecule has 9 heteroatoms. The Morgan fingerprint density at radius 2 is 1.96 bits per heavy atom. The van der Waals surface area contributed by atoms with Crippen LogP contribution in [-0.2, 0) is 0 Å². The molecule has 0 amide bonds. The number of azo groups is 1. The van der Waals surface area contributed by atoms with E-state index in [1.54, 1.807) is 10.8 Å². The van der Waals surface area contributed by atoms with Crippen LogP contribution < -0.4 is 4.90 Å². The summed E-state index contributed by atoms with van der Waals surface area (Å²) < 4.78 is 1.61. The number of benzene rings is 1. The van der Waals surface area contributed by atoms with E-state index in [0.717, 1.165) is 22.1 Å². The van der Waals surface area contributed by atoms with Gasteiger partial charge in [-0.1, -0.05) is 0 Å². The number of hydrogen-bond donors (Lipinski definition) is 1. The van der Waals surface area contributed by atoms with Crippen LogP contribution in [0.25, 0.3) is 16.5 Å². The van der Waals surface area contributed by atoms with Crippen LogP contribution in [0, 0.1) is 6.92 Å². The molecule has 4 rings (SSSR count). The standard InChI is InChI=1S/C16H16N8S/c1-10-13(20-19-11-4-6-12(7-5-11)23(2)3)15-18-14(22-24(15)21-10)16-17-8-9-25-16/h4-9,21H,1-3H3. The van der Waals surface area contributed by atoms with Gasteiger partial charge in [0, 0.05) is 31.4 Å². The van der Waals surface area contributed by atoms with Gasteiger partial charge >= 0.3 is 0 Å². The molecule has 0 aliphatic rings. The number of rotatable bonds is 4. The number of aromatic nitrogens is 5. The van der Waals surface area contributed by atoms with Crippen molar-refractivity contribution < 1.29 is 0 Å². The molecule has 0 saturated carbocycles. The van der Waals surface area contributed by atoms with Crippen LogP contribution in [0.3, 0.4) is 0 Å². The number of nitrogens with one attached hydrogen (secondary N) is 1. The minimum absolute atomic E-state index is 0.577. The van der Waals surface area contributed by atoms with Gasteiger partial charge in [-0.25, -0.2) is 9.97 Å². The van der Waals surface area contributed by atoms with E-state index in [9.17, 15) is 0 Å². The zero-order chi connectivity index (χ0) is 17.4. The maximum Gasteiger partial charge on any atom is 0.212 e. The number of H-pyrrole nitrogens is 1. The van der Waals surface area contributed by atoms with Crippen molar-refractivity contribution in [2.45, 2.75) is 6.92 Å². The average Bonchev–Trinajstić information content (AvgIpc) is 3.30. The zero-order valence-electron chi connectivity index (χ0n) is 14.0. The monoisotopic (exact) mass is 352 g/mol. The van der Waals surface area contributed by atoms with Crippen LogP contribution in [0.15, 0.2) is 46.1 Å². The summed E-state index contributed by atoms with van der Waals surface area (Å²) in [5, 5.41) is 18.9. The summed E-state index contributed by atoms with van der Waals surface area (Å²) in [6, 6.07) is 7.88. The SMILES string of the molecule is Cc1[nH]n2nc(-c3nccs3)nc2c1N=Nc1ccc(N(C)C)cc1. The largest absolute Gasteiger partial charge is 0.378 e. The summed E-state index contributed by atoms with van der Waals surface area (Å²) >= 11 is 1.50. The van der Waals surface area contributed by atoms with Gasteiger partial charge in [0.1, 0.15) is 0 Å². The topological polar surface area (TPSA) is 86.8 Å². The average molecular weight is 352 g/mol. The molecule has 1 aromatic carbocycles. The fourth-order valence-electron chi connectivity index (χ4n) is 2.39. The minimum Gasteiger partial charge on any atom is -0.378 e. The lowest BCUT2D eigenvalue weighted by atomic mass is 10.3. The summed E-state index contributed by atoms with van der Waals surface area (Å²) in [5.74, 6) is 0.577. The highest BCUT2D eigenvalue weighted by atomic mass is 32.1. The first-order valence-electron chi connectivity index (χ1n) is 7.66. The Labute approximate surface area is 147 Å². The minimum atomic E-state index is 0.577. The summed E-state index contributed by atoms with van der Waals surface area (Å²) in [7, 11) is 4.00. The second kappa shape index (κ2) is 6.10. The van der Waals surface area contributed by atoms with Crippen molar-refractivity contribution in [3.63, 3.8) is 0 Å². The lowest BCUT2D eigenvalue weighted by molar-refractivity contribution is 0.810. The van der Waals surface area contributed by atoms with Crippen molar-refractivity contribution in [3.8, 4) is 10.8 Å². The van der Waals surface area contributed by atoms with E-state index >= 15 is 0 Å². The highest BCUT2D eigenvalue weighted by Gasteiger charge is 2.15. The molecule has 0 atom stereocenters. The van der Waals surface area contributed by atoms with Gasteiger partial charge in [0.2, 0.25) is 11.5 Å². The molecule has 0 radical (unpaired) electrons. The summed E-state index contributed by atoms with van der Waals surface area (Å²) in [5.41, 5.74) is 4.06. The van der Waals surface area contributed by atoms with Gasteiger partial charge < -0.3 is 4.90 Å². The van der Waals surface area contributed by atoms with Gasteiger partial charge in [-0.15, -0.1) is 21.5 Å². The Hall–Kier alpha value is -3.07. The number of anilines is 1. The first kappa shape index (κ1) is 15.5. The Bertz CT molecular complexity index is 1020. The van der Waals surface area contributed by atoms with Crippen LogP contribution in [0.4, 0.5) is 17.1 Å². The molecule has 3 heterocycles. The van der Waals surface area contributed by atoms with Gasteiger partial charge in [-0.3, -0.25) is 5.10 Å². The third-order valence-electron chi connectivity index (χ3n) is 3.70. The first-order valence-corrected chi connectivity index (χ1v) is 8.54. The van der Waals surface area contributed by atoms with Crippen molar-refractivity contribution in [1.82, 2.24) is 24.8 Å². The summed E-state index contributed by atoms with van der Waals surface area (Å²) in [6.07, 6.45) is 1.73. The van der Waals surface area contributed by atoms with E-state index in [1.165, 1.54) is 11.3 Å². The molecule has 1 N–H and O–H groups in total. The van der Waals surface area contributed by atoms with Crippen molar-refractivity contribution in [2.75, 3.05) is 19.0 Å². The van der Waals surface area contributed by atoms with Crippen LogP contribution in [-0.4, -0.2) is 38.9 Å². The van der Waals surface area contributed by atoms with Crippen LogP contribution >= 0.6 is 11.3 Å². The van der Waals surface area contributed by atoms with Crippen molar-refractivity contribution in [2.24, 2.45) is 10.2 Å². The summed E-state index contributed by atoms with van der Waals surface area (Å²) in [6.45, 7) is 1.92. The molecular weight excluding hydrogens is 336 g/mol. The van der Waals surface area contributed by atoms with Gasteiger partial charge in [0.05, 0.1) is 11.4 Å². The molecule has 0 aliphatic heterocycles. The number of hydrogen-bond acceptors (Lipinski definition) is 7. The van der Waals surface area contributed by atoms with E-state index in [4.69, 9.17) is 0 Å². The number of thiazole rings is 1. The number of nitrogens with zero attached hydrogens (tertiary/aromatic N) is 7. The lowest BCUT2D eigenvalue weighted by Gasteiger charge is -2.11. The number of aryl methyl sites for hydroxylation is 1. The highest BCUT2D eigenvalue weighted by Crippen LogP contribution is 2.28. The van der Waals surface area contributed by atoms with Crippen molar-refractivity contribution >= 4 is 34.0 Å². The molecule has 126 valence electrons. The number of aromatic amines is 1. The van der Waals surface area contributed by atoms with Crippen molar-refractivity contribution in [1.29, 1.82) is 0 Å². The third kappa shape index (κ3) is 2.89. The predicted molar refractivity (Wildman–Crippen MR) is 98.1 cm³/mol. The molecular formula is C16H16N8S. The fourth-order valence-corrected chi connectivity index (χ4v) is 2.96. The Morgan fingerprint density at radius 1 is 1.16 bits per heavy atom. The smallest absolute Gasteiger partial charge is 0.212 e. The molecule has 4 aromatic rings. The zero-order valence-corrected chi connectivity index (χ0v) is 14.8. The van der Waals surface area contributed by atoms with Crippen LogP contribution in [0.2, 0.25) is 0 Å². The molecule has 0 bridgehead atoms. The fraction of sp³-hybridized carbons (Fsp3) is 0.188. The third-order valence-corrected chi connectivity index (χ3v) is 4.47. The summed E-state index contributed by atoms with van der Waals surface area (Å²) in [4.78, 5) is 10.8. The first-order chi connectivity index (χ1) is 12.1. The maximum absolute atomic E-state index is 4.53. The van der Waals surface area contributed by atoms with E-state index < -0.39 is 0 Å². The Morgan fingerprint density at radius 3 is 2.64 bits per heavy atom. The molecule has 0 spiro atoms. The highest BCUT2D eigenvalue weighted by molar-refractivity contribution is 7.13. The maximum atomic E-state index is 4.53. The Kier molecular flexibility index (Phi) is 3.77. The molecule has 3 aromatic heterocycles. The normalized spacial score (nSPS) is 11.6. The number of fused-ring (bicyclic) bond motifs is 1. The van der Waals surface area contributed by atoms with Crippen molar-refractivity contribution in [3.05, 3.63) is 41.5 Å². The molecule has 0 fully saturated rings. The van der Waals surface area contributed by atoms with Crippen LogP contribution in [0.1, 0.15) is 5.69 Å². The molecule has 0 aliphatic carbocycles. The van der Waals surface area contributed by atoms with E-state index in [-0.39, 0.29) is 0 Å². The predicted octanol–water partition coefficient (Wildman–Crippen LogP) is 3.97. The quantitative estimate of drug-likeness (QED) is 0.563. The van der Waals surface area contributed by atoms with Gasteiger partial charge in [0.15, 0.2) is 10.7 Å². The van der Waals surface area contributed by atoms with Crippen LogP contribution in [0.5, 0.6) is 0 Å². The molecule has 0 saturated heterocycles. The van der Waals surface area contributed by atoms with Gasteiger partial charge in [-0.2, -0.15) is 9.74 Å².